The Hall–Kier alpha value is -5.46. The summed E-state index contributed by atoms with van der Waals surface area (Å²) in [5.41, 5.74) is 8.85. The molecule has 0 fully saturated rings. The molecule has 0 aliphatic heterocycles. The van der Waals surface area contributed by atoms with E-state index in [4.69, 9.17) is 15.3 Å². The number of nitrogens with zero attached hydrogens (tertiary/aromatic N) is 4. The van der Waals surface area contributed by atoms with Crippen LogP contribution >= 0.6 is 0 Å². The van der Waals surface area contributed by atoms with Gasteiger partial charge in [0.1, 0.15) is 11.4 Å². The van der Waals surface area contributed by atoms with Crippen LogP contribution in [0.3, 0.4) is 0 Å². The van der Waals surface area contributed by atoms with Gasteiger partial charge in [-0.15, -0.1) is 0 Å². The van der Waals surface area contributed by atoms with Crippen molar-refractivity contribution >= 4 is 40.2 Å². The molecule has 198 valence electrons. The van der Waals surface area contributed by atoms with Crippen molar-refractivity contribution in [2.24, 2.45) is 7.05 Å². The Morgan fingerprint density at radius 2 is 1.85 bits per heavy atom. The predicted molar refractivity (Wildman–Crippen MR) is 139 cm³/mol. The second kappa shape index (κ2) is 9.78. The van der Waals surface area contributed by atoms with E-state index in [2.05, 4.69) is 20.7 Å². The van der Waals surface area contributed by atoms with E-state index in [0.717, 1.165) is 5.56 Å². The molecule has 0 unspecified atom stereocenters. The van der Waals surface area contributed by atoms with E-state index in [9.17, 15) is 19.2 Å². The van der Waals surface area contributed by atoms with Crippen molar-refractivity contribution in [2.75, 3.05) is 5.73 Å². The van der Waals surface area contributed by atoms with E-state index in [1.54, 1.807) is 44.3 Å². The summed E-state index contributed by atoms with van der Waals surface area (Å²) in [6.45, 7) is 1.87. The van der Waals surface area contributed by atoms with Crippen LogP contribution in [0.25, 0.3) is 16.7 Å². The van der Waals surface area contributed by atoms with Crippen molar-refractivity contribution in [3.63, 3.8) is 0 Å². The molecule has 2 amide bonds. The normalized spacial score (nSPS) is 11.9. The summed E-state index contributed by atoms with van der Waals surface area (Å²) < 4.78 is 7.74. The number of aryl methyl sites for hydroxylation is 1. The number of carbonyl (C=O) groups excluding carboxylic acids is 2. The second-order valence-corrected chi connectivity index (χ2v) is 8.90. The minimum absolute atomic E-state index is 0.0330. The lowest BCUT2D eigenvalue weighted by Gasteiger charge is -2.15. The number of carboxylic acids is 1. The van der Waals surface area contributed by atoms with Gasteiger partial charge in [0.25, 0.3) is 11.8 Å². The number of oxazole rings is 1. The fourth-order valence-corrected chi connectivity index (χ4v) is 4.08. The lowest BCUT2D eigenvalue weighted by molar-refractivity contribution is 0.0696. The summed E-state index contributed by atoms with van der Waals surface area (Å²) in [6.07, 6.45) is 1.33. The van der Waals surface area contributed by atoms with Crippen LogP contribution in [0.1, 0.15) is 55.4 Å². The van der Waals surface area contributed by atoms with E-state index in [1.807, 2.05) is 0 Å². The highest BCUT2D eigenvalue weighted by Gasteiger charge is 2.21. The van der Waals surface area contributed by atoms with Gasteiger partial charge >= 0.3 is 11.7 Å². The van der Waals surface area contributed by atoms with Gasteiger partial charge in [0.05, 0.1) is 29.0 Å². The molecule has 0 aliphatic carbocycles. The molecule has 13 nitrogen and oxygen atoms in total. The van der Waals surface area contributed by atoms with Crippen LogP contribution in [0.2, 0.25) is 0 Å². The molecule has 5 N–H and O–H groups in total. The number of fused-ring (bicyclic) bond motifs is 2. The highest BCUT2D eigenvalue weighted by atomic mass is 16.4. The van der Waals surface area contributed by atoms with Gasteiger partial charge in [0.2, 0.25) is 0 Å². The molecule has 0 spiro atoms. The second-order valence-electron chi connectivity index (χ2n) is 8.90. The number of rotatable bonds is 7. The third-order valence-electron chi connectivity index (χ3n) is 6.28. The SMILES string of the molecule is C[C@@H](NC(=O)c1cc(C(=O)NCc2ccc3oc(=O)n(C)c3c2)nc2c(N)cnn12)c1ccc(C(=O)O)cc1. The minimum Gasteiger partial charge on any atom is -0.478 e. The monoisotopic (exact) mass is 529 g/mol. The maximum atomic E-state index is 13.2. The quantitative estimate of drug-likeness (QED) is 0.244. The van der Waals surface area contributed by atoms with Gasteiger partial charge in [-0.1, -0.05) is 18.2 Å². The van der Waals surface area contributed by atoms with Crippen LogP contribution in [-0.4, -0.2) is 42.1 Å². The molecular formula is C26H23N7O6. The van der Waals surface area contributed by atoms with Crippen LogP contribution in [0.5, 0.6) is 0 Å². The van der Waals surface area contributed by atoms with E-state index in [-0.39, 0.29) is 34.8 Å². The number of hydrogen-bond acceptors (Lipinski definition) is 8. The van der Waals surface area contributed by atoms with Crippen LogP contribution < -0.4 is 22.1 Å². The van der Waals surface area contributed by atoms with Gasteiger partial charge in [0, 0.05) is 19.7 Å². The molecule has 39 heavy (non-hydrogen) atoms. The van der Waals surface area contributed by atoms with Gasteiger partial charge < -0.3 is 25.9 Å². The number of aromatic carboxylic acids is 1. The minimum atomic E-state index is -1.05. The summed E-state index contributed by atoms with van der Waals surface area (Å²) in [6, 6.07) is 12.1. The lowest BCUT2D eigenvalue weighted by Crippen LogP contribution is -2.30. The molecule has 0 radical (unpaired) electrons. The Kier molecular flexibility index (Phi) is 6.32. The number of carboxylic acid groups (broad SMARTS) is 1. The summed E-state index contributed by atoms with van der Waals surface area (Å²) in [4.78, 5) is 53.4. The number of carbonyl (C=O) groups is 3. The molecule has 0 saturated heterocycles. The first-order valence-corrected chi connectivity index (χ1v) is 11.8. The van der Waals surface area contributed by atoms with Gasteiger partial charge in [-0.3, -0.25) is 14.2 Å². The predicted octanol–water partition coefficient (Wildman–Crippen LogP) is 1.88. The number of aromatic nitrogens is 4. The zero-order valence-electron chi connectivity index (χ0n) is 20.8. The Labute approximate surface area is 219 Å². The molecule has 3 heterocycles. The number of anilines is 1. The average Bonchev–Trinajstić information content (AvgIpc) is 3.44. The Balaban J connectivity index is 1.37. The molecule has 0 bridgehead atoms. The molecule has 3 aromatic heterocycles. The van der Waals surface area contributed by atoms with Crippen molar-refractivity contribution in [3.05, 3.63) is 93.4 Å². The number of hydrogen-bond donors (Lipinski definition) is 4. The molecular weight excluding hydrogens is 506 g/mol. The van der Waals surface area contributed by atoms with E-state index in [1.165, 1.54) is 33.5 Å². The van der Waals surface area contributed by atoms with Crippen molar-refractivity contribution in [1.29, 1.82) is 0 Å². The van der Waals surface area contributed by atoms with Crippen LogP contribution in [0.4, 0.5) is 5.69 Å². The first-order valence-electron chi connectivity index (χ1n) is 11.8. The first kappa shape index (κ1) is 25.2. The van der Waals surface area contributed by atoms with Gasteiger partial charge in [-0.2, -0.15) is 5.10 Å². The Morgan fingerprint density at radius 1 is 1.10 bits per heavy atom. The Bertz CT molecular complexity index is 1820. The van der Waals surface area contributed by atoms with E-state index >= 15 is 0 Å². The van der Waals surface area contributed by atoms with Crippen molar-refractivity contribution < 1.29 is 23.9 Å². The number of benzene rings is 2. The molecule has 5 rings (SSSR count). The topological polar surface area (TPSA) is 187 Å². The van der Waals surface area contributed by atoms with E-state index < -0.39 is 29.6 Å². The van der Waals surface area contributed by atoms with Gasteiger partial charge in [-0.05, 0) is 42.3 Å². The molecule has 0 saturated carbocycles. The maximum Gasteiger partial charge on any atom is 0.419 e. The van der Waals surface area contributed by atoms with Crippen LogP contribution in [0, 0.1) is 0 Å². The van der Waals surface area contributed by atoms with Crippen LogP contribution in [0.15, 0.2) is 63.9 Å². The fraction of sp³-hybridized carbons (Fsp3) is 0.154. The number of amides is 2. The van der Waals surface area contributed by atoms with Gasteiger partial charge in [0.15, 0.2) is 11.2 Å². The molecule has 2 aromatic carbocycles. The standard InChI is InChI=1S/C26H23N7O6/c1-13(15-4-6-16(7-5-15)25(36)37)30-24(35)20-10-18(31-22-17(27)12-29-33(20)22)23(34)28-11-14-3-8-21-19(9-14)32(2)26(38)39-21/h3-10,12-13H,11,27H2,1-2H3,(H,28,34)(H,30,35)(H,36,37)/t13-/m1/s1. The summed E-state index contributed by atoms with van der Waals surface area (Å²) in [7, 11) is 1.59. The number of nitrogen functional groups attached to an aromatic ring is 1. The third-order valence-corrected chi connectivity index (χ3v) is 6.28. The third kappa shape index (κ3) is 4.80. The van der Waals surface area contributed by atoms with Crippen molar-refractivity contribution in [2.45, 2.75) is 19.5 Å². The largest absolute Gasteiger partial charge is 0.478 e. The van der Waals surface area contributed by atoms with Crippen molar-refractivity contribution in [3.8, 4) is 0 Å². The summed E-state index contributed by atoms with van der Waals surface area (Å²) in [5.74, 6) is -2.63. The first-order chi connectivity index (χ1) is 18.6. The lowest BCUT2D eigenvalue weighted by atomic mass is 10.1. The summed E-state index contributed by atoms with van der Waals surface area (Å²) in [5, 5.41) is 18.8. The molecule has 1 atom stereocenters. The smallest absolute Gasteiger partial charge is 0.419 e. The van der Waals surface area contributed by atoms with Crippen LogP contribution in [-0.2, 0) is 13.6 Å². The highest BCUT2D eigenvalue weighted by Crippen LogP contribution is 2.18. The summed E-state index contributed by atoms with van der Waals surface area (Å²) >= 11 is 0. The zero-order chi connectivity index (χ0) is 27.8. The Morgan fingerprint density at radius 3 is 2.56 bits per heavy atom. The molecule has 0 aliphatic rings. The average molecular weight is 530 g/mol. The number of nitrogens with two attached hydrogens (primary N) is 1. The highest BCUT2D eigenvalue weighted by molar-refractivity contribution is 5.99. The molecule has 13 heteroatoms. The maximum absolute atomic E-state index is 13.2. The molecule has 5 aromatic rings. The zero-order valence-corrected chi connectivity index (χ0v) is 20.8. The van der Waals surface area contributed by atoms with Gasteiger partial charge in [-0.25, -0.2) is 19.1 Å². The van der Waals surface area contributed by atoms with Crippen molar-refractivity contribution in [1.82, 2.24) is 29.8 Å². The number of nitrogens with one attached hydrogen (secondary N) is 2. The fourth-order valence-electron chi connectivity index (χ4n) is 4.08. The van der Waals surface area contributed by atoms with E-state index in [0.29, 0.717) is 16.7 Å².